The van der Waals surface area contributed by atoms with E-state index in [4.69, 9.17) is 61.2 Å². The van der Waals surface area contributed by atoms with Crippen molar-refractivity contribution in [2.24, 2.45) is 0 Å². The van der Waals surface area contributed by atoms with Crippen LogP contribution in [0.15, 0.2) is 98.1 Å². The Hall–Kier alpha value is -9.04. The molecule has 0 fully saturated rings. The van der Waals surface area contributed by atoms with Crippen LogP contribution in [0.5, 0.6) is 0 Å². The molecule has 4 amide bonds. The molecule has 6 rings (SSSR count). The van der Waals surface area contributed by atoms with Gasteiger partial charge in [0.15, 0.2) is 17.5 Å². The Balaban J connectivity index is 0.000000578. The molecule has 0 aromatic carbocycles. The maximum atomic E-state index is 12.5. The number of rotatable bonds is 17. The summed E-state index contributed by atoms with van der Waals surface area (Å²) in [5, 5.41) is 8.49. The predicted octanol–water partition coefficient (Wildman–Crippen LogP) is 8.86. The van der Waals surface area contributed by atoms with Crippen LogP contribution in [0.4, 0.5) is 54.1 Å². The molecule has 6 heterocycles. The minimum absolute atomic E-state index is 0.0321. The molecule has 0 aliphatic carbocycles. The third-order valence-electron chi connectivity index (χ3n) is 9.89. The highest BCUT2D eigenvalue weighted by molar-refractivity contribution is 9.10. The minimum atomic E-state index is -0.874. The van der Waals surface area contributed by atoms with Gasteiger partial charge < -0.3 is 61.2 Å². The molecule has 0 atom stereocenters. The van der Waals surface area contributed by atoms with Crippen molar-refractivity contribution < 1.29 is 57.4 Å². The van der Waals surface area contributed by atoms with Crippen molar-refractivity contribution in [2.45, 2.75) is 144 Å². The summed E-state index contributed by atoms with van der Waals surface area (Å²) in [5.41, 5.74) is 23.1. The molecule has 0 unspecified atom stereocenters. The molecule has 0 aliphatic rings. The van der Waals surface area contributed by atoms with Gasteiger partial charge in [0.2, 0.25) is 0 Å². The van der Waals surface area contributed by atoms with Gasteiger partial charge >= 0.3 is 24.4 Å². The predicted molar refractivity (Wildman–Crippen MR) is 353 cm³/mol. The highest BCUT2D eigenvalue weighted by atomic mass is 79.9. The van der Waals surface area contributed by atoms with Crippen molar-refractivity contribution in [2.75, 3.05) is 80.5 Å². The molecule has 0 spiro atoms. The largest absolute Gasteiger partial charge is 0.443 e. The standard InChI is InChI=1S/C17H27N3O5.C17H25N3O4.C7H10BrN3O.C7H11N3O.C7H9N3.C6H9N3O/c1-16(2,3)24-14(21)20(15(22)25-17(4,5)6)13-11-18-12(10-19-13)8-9-23-7;1-8-9-12-10-19-13(11-18-12)20(14(21)23-16(2,3)4)15(22)24-17(5,6)7;1-12-3-2-5-4-10-7(9)6(8)11-5;1-11-3-2-6-4-10-7(8)5-9-6;1-2-3-6-4-10-7(8)5-9-6;7-6-4-8-5(1-2-10)3-9-6/h10-11H,8-9H2,1-7H3;8,10-11H,1,9H2,2-7H3;4H,2-3H2,1H3,(H2,9,10);4-5H,2-3H2,1H3,(H2,8,10);2,4-5H,1,3H2,(H2,8,10);3-4,10H,1-2H2,(H2,7,9). The van der Waals surface area contributed by atoms with Crippen LogP contribution in [0.3, 0.4) is 0 Å². The number of halogens is 1. The number of anilines is 6. The second-order valence-electron chi connectivity index (χ2n) is 22.8. The van der Waals surface area contributed by atoms with E-state index in [1.807, 2.05) is 0 Å². The molecule has 92 heavy (non-hydrogen) atoms. The molecule has 0 radical (unpaired) electrons. The fraction of sp³-hybridized carbons (Fsp3) is 0.475. The molecule has 0 saturated heterocycles. The quantitative estimate of drug-likeness (QED) is 0.0420. The fourth-order valence-corrected chi connectivity index (χ4v) is 6.26. The number of carbonyl (C=O) groups excluding carboxylic acids is 4. The summed E-state index contributed by atoms with van der Waals surface area (Å²) in [5.74, 6) is 1.79. The van der Waals surface area contributed by atoms with Crippen molar-refractivity contribution in [3.8, 4) is 0 Å². The minimum Gasteiger partial charge on any atom is -0.443 e. The molecule has 9 N–H and O–H groups in total. The van der Waals surface area contributed by atoms with Crippen LogP contribution in [0.2, 0.25) is 0 Å². The van der Waals surface area contributed by atoms with E-state index in [1.165, 1.54) is 31.0 Å². The van der Waals surface area contributed by atoms with Gasteiger partial charge in [-0.1, -0.05) is 12.2 Å². The first kappa shape index (κ1) is 81.0. The summed E-state index contributed by atoms with van der Waals surface area (Å²) in [4.78, 5) is 99.5. The SMILES string of the molecule is C=CCc1cnc(N(C(=O)OC(C)(C)C)C(=O)OC(C)(C)C)cn1.C=CCc1cnc(N)cn1.COCCc1cnc(N(C(=O)OC(C)(C)C)C(=O)OC(C)(C)C)cn1.COCCc1cnc(N)c(Br)n1.COCCc1cnc(N)cn1.Nc1cnc(CCO)cn1. The van der Waals surface area contributed by atoms with E-state index in [-0.39, 0.29) is 18.2 Å². The van der Waals surface area contributed by atoms with Crippen LogP contribution in [0.1, 0.15) is 117 Å². The number of hydrogen-bond donors (Lipinski definition) is 5. The average molecular weight is 1350 g/mol. The summed E-state index contributed by atoms with van der Waals surface area (Å²) in [6, 6.07) is 0. The first-order chi connectivity index (χ1) is 43.1. The molecule has 0 saturated carbocycles. The van der Waals surface area contributed by atoms with Gasteiger partial charge in [0.1, 0.15) is 44.5 Å². The van der Waals surface area contributed by atoms with Gasteiger partial charge in [0.05, 0.1) is 122 Å². The molecular formula is C61H91BrN18O12. The monoisotopic (exact) mass is 1350 g/mol. The van der Waals surface area contributed by atoms with E-state index in [1.54, 1.807) is 154 Å². The van der Waals surface area contributed by atoms with Crippen molar-refractivity contribution in [1.29, 1.82) is 0 Å². The number of aliphatic hydroxyl groups excluding tert-OH is 1. The number of hydrogen-bond acceptors (Lipinski definition) is 28. The number of allylic oxidation sites excluding steroid dienone is 2. The molecule has 0 aliphatic heterocycles. The normalized spacial score (nSPS) is 10.8. The molecule has 0 bridgehead atoms. The second kappa shape index (κ2) is 41.4. The van der Waals surface area contributed by atoms with Crippen molar-refractivity contribution >= 4 is 75.2 Å². The summed E-state index contributed by atoms with van der Waals surface area (Å²) in [6.07, 6.45) is 20.6. The number of methoxy groups -OCH3 is 3. The van der Waals surface area contributed by atoms with E-state index >= 15 is 0 Å². The number of nitrogen functional groups attached to an aromatic ring is 4. The maximum absolute atomic E-state index is 12.5. The first-order valence-corrected chi connectivity index (χ1v) is 29.3. The first-order valence-electron chi connectivity index (χ1n) is 28.5. The van der Waals surface area contributed by atoms with Crippen LogP contribution >= 0.6 is 15.9 Å². The zero-order valence-corrected chi connectivity index (χ0v) is 57.0. The average Bonchev–Trinajstić information content (AvgIpc) is 0.991. The van der Waals surface area contributed by atoms with E-state index in [9.17, 15) is 19.2 Å². The number of ether oxygens (including phenoxy) is 7. The van der Waals surface area contributed by atoms with Gasteiger partial charge in [-0.15, -0.1) is 13.2 Å². The van der Waals surface area contributed by atoms with Gasteiger partial charge in [-0.3, -0.25) is 24.9 Å². The van der Waals surface area contributed by atoms with Crippen molar-refractivity contribution in [3.63, 3.8) is 0 Å². The maximum Gasteiger partial charge on any atom is 0.425 e. The highest BCUT2D eigenvalue weighted by Crippen LogP contribution is 2.22. The van der Waals surface area contributed by atoms with Crippen LogP contribution in [-0.2, 0) is 71.7 Å². The second-order valence-corrected chi connectivity index (χ2v) is 23.6. The van der Waals surface area contributed by atoms with Gasteiger partial charge in [-0.2, -0.15) is 9.80 Å². The third-order valence-corrected chi connectivity index (χ3v) is 10.5. The molecule has 504 valence electrons. The number of aliphatic hydroxyl groups is 1. The molecule has 30 nitrogen and oxygen atoms in total. The Bertz CT molecular complexity index is 3070. The number of imide groups is 2. The Labute approximate surface area is 546 Å². The Kier molecular flexibility index (Phi) is 36.4. The number of aromatic nitrogens is 12. The number of carbonyl (C=O) groups is 4. The lowest BCUT2D eigenvalue weighted by Gasteiger charge is -2.27. The molecule has 6 aromatic rings. The van der Waals surface area contributed by atoms with Gasteiger partial charge in [0.25, 0.3) is 0 Å². The lowest BCUT2D eigenvalue weighted by Crippen LogP contribution is -2.44. The van der Waals surface area contributed by atoms with Crippen molar-refractivity contribution in [1.82, 2.24) is 59.8 Å². The number of nitrogens with zero attached hydrogens (tertiary/aromatic N) is 14. The fourth-order valence-electron chi connectivity index (χ4n) is 5.93. The lowest BCUT2D eigenvalue weighted by molar-refractivity contribution is 0.0406. The Morgan fingerprint density at radius 2 is 0.717 bits per heavy atom. The summed E-state index contributed by atoms with van der Waals surface area (Å²) in [6.45, 7) is 29.6. The topological polar surface area (TPSA) is 418 Å². The number of amides is 4. The van der Waals surface area contributed by atoms with Crippen LogP contribution < -0.4 is 32.7 Å². The van der Waals surface area contributed by atoms with Gasteiger partial charge in [0, 0.05) is 66.5 Å². The lowest BCUT2D eigenvalue weighted by atomic mass is 10.2. The summed E-state index contributed by atoms with van der Waals surface area (Å²) < 4.78 is 36.5. The molecule has 31 heteroatoms. The van der Waals surface area contributed by atoms with Crippen LogP contribution in [0.25, 0.3) is 0 Å². The zero-order chi connectivity index (χ0) is 69.7. The van der Waals surface area contributed by atoms with E-state index in [0.717, 1.165) is 51.8 Å². The van der Waals surface area contributed by atoms with E-state index < -0.39 is 46.8 Å². The Morgan fingerprint density at radius 3 is 0.978 bits per heavy atom. The smallest absolute Gasteiger partial charge is 0.425 e. The summed E-state index contributed by atoms with van der Waals surface area (Å²) in [7, 11) is 4.90. The molecular weight excluding hydrogens is 1260 g/mol. The van der Waals surface area contributed by atoms with E-state index in [0.29, 0.717) is 78.3 Å². The number of nitrogens with two attached hydrogens (primary N) is 4. The van der Waals surface area contributed by atoms with E-state index in [2.05, 4.69) is 88.9 Å². The highest BCUT2D eigenvalue weighted by Gasteiger charge is 2.35. The van der Waals surface area contributed by atoms with Gasteiger partial charge in [-0.05, 0) is 99.0 Å². The van der Waals surface area contributed by atoms with Crippen molar-refractivity contribution in [3.05, 3.63) is 132 Å². The third kappa shape index (κ3) is 36.6. The molecule has 6 aromatic heterocycles. The van der Waals surface area contributed by atoms with Crippen LogP contribution in [-0.4, -0.2) is 159 Å². The van der Waals surface area contributed by atoms with Gasteiger partial charge in [-0.25, -0.2) is 54.1 Å². The zero-order valence-electron chi connectivity index (χ0n) is 55.4. The van der Waals surface area contributed by atoms with Crippen LogP contribution in [0, 0.1) is 0 Å². The Morgan fingerprint density at radius 1 is 0.435 bits per heavy atom. The summed E-state index contributed by atoms with van der Waals surface area (Å²) >= 11 is 3.20.